The molecule has 1 fully saturated rings. The van der Waals surface area contributed by atoms with Gasteiger partial charge >= 0.3 is 0 Å². The molecule has 0 aliphatic heterocycles. The van der Waals surface area contributed by atoms with Crippen LogP contribution in [-0.4, -0.2) is 10.8 Å². The maximum Gasteiger partial charge on any atom is 0.136 e. The van der Waals surface area contributed by atoms with Gasteiger partial charge in [-0.3, -0.25) is 9.78 Å². The molecule has 1 aliphatic carbocycles. The monoisotopic (exact) mass is 245 g/mol. The van der Waals surface area contributed by atoms with Gasteiger partial charge in [0, 0.05) is 24.2 Å². The van der Waals surface area contributed by atoms with Crippen molar-refractivity contribution >= 4 is 5.78 Å². The largest absolute Gasteiger partial charge is 0.299 e. The van der Waals surface area contributed by atoms with Gasteiger partial charge in [0.2, 0.25) is 0 Å². The standard InChI is InChI=1S/C16H23NO/c1-12(2)13-7-9-16(18)14(11-13)6-8-15-5-3-4-10-17-15/h3-5,10,12-14H,6-9,11H2,1-2H3. The Morgan fingerprint density at radius 3 is 2.89 bits per heavy atom. The van der Waals surface area contributed by atoms with Crippen molar-refractivity contribution in [3.05, 3.63) is 30.1 Å². The van der Waals surface area contributed by atoms with E-state index in [1.807, 2.05) is 24.4 Å². The van der Waals surface area contributed by atoms with E-state index in [-0.39, 0.29) is 5.92 Å². The van der Waals surface area contributed by atoms with Gasteiger partial charge in [-0.1, -0.05) is 19.9 Å². The zero-order valence-corrected chi connectivity index (χ0v) is 11.4. The lowest BCUT2D eigenvalue weighted by Gasteiger charge is -2.30. The third kappa shape index (κ3) is 3.41. The fourth-order valence-electron chi connectivity index (χ4n) is 2.90. The molecule has 2 heteroatoms. The van der Waals surface area contributed by atoms with E-state index in [1.165, 1.54) is 0 Å². The van der Waals surface area contributed by atoms with Crippen molar-refractivity contribution in [2.45, 2.75) is 46.0 Å². The maximum absolute atomic E-state index is 12.0. The Kier molecular flexibility index (Phi) is 4.51. The summed E-state index contributed by atoms with van der Waals surface area (Å²) in [5, 5.41) is 0. The first kappa shape index (κ1) is 13.3. The Bertz CT molecular complexity index is 385. The summed E-state index contributed by atoms with van der Waals surface area (Å²) in [5.74, 6) is 2.18. The van der Waals surface area contributed by atoms with Gasteiger partial charge in [-0.2, -0.15) is 0 Å². The Morgan fingerprint density at radius 2 is 2.22 bits per heavy atom. The molecule has 0 radical (unpaired) electrons. The molecule has 1 heterocycles. The Morgan fingerprint density at radius 1 is 1.39 bits per heavy atom. The first-order chi connectivity index (χ1) is 8.66. The minimum Gasteiger partial charge on any atom is -0.299 e. The van der Waals surface area contributed by atoms with Crippen molar-refractivity contribution < 1.29 is 4.79 Å². The molecular weight excluding hydrogens is 222 g/mol. The molecule has 2 unspecified atom stereocenters. The van der Waals surface area contributed by atoms with Gasteiger partial charge in [0.15, 0.2) is 0 Å². The Hall–Kier alpha value is -1.18. The number of Topliss-reactive ketones (excluding diaryl/α,β-unsaturated/α-hetero) is 1. The highest BCUT2D eigenvalue weighted by Crippen LogP contribution is 2.33. The van der Waals surface area contributed by atoms with Gasteiger partial charge in [0.1, 0.15) is 5.78 Å². The van der Waals surface area contributed by atoms with Crippen LogP contribution in [0.25, 0.3) is 0 Å². The molecule has 0 spiro atoms. The predicted octanol–water partition coefficient (Wildman–Crippen LogP) is 3.66. The van der Waals surface area contributed by atoms with E-state index in [2.05, 4.69) is 18.8 Å². The van der Waals surface area contributed by atoms with E-state index in [9.17, 15) is 4.79 Å². The van der Waals surface area contributed by atoms with Crippen LogP contribution in [0.2, 0.25) is 0 Å². The molecule has 0 amide bonds. The van der Waals surface area contributed by atoms with Crippen LogP contribution in [0.5, 0.6) is 0 Å². The third-order valence-corrected chi connectivity index (χ3v) is 4.22. The number of aryl methyl sites for hydroxylation is 1. The summed E-state index contributed by atoms with van der Waals surface area (Å²) in [6, 6.07) is 6.00. The second-order valence-corrected chi connectivity index (χ2v) is 5.80. The fourth-order valence-corrected chi connectivity index (χ4v) is 2.90. The lowest BCUT2D eigenvalue weighted by Crippen LogP contribution is -2.27. The lowest BCUT2D eigenvalue weighted by atomic mass is 9.74. The van der Waals surface area contributed by atoms with E-state index < -0.39 is 0 Å². The van der Waals surface area contributed by atoms with E-state index >= 15 is 0 Å². The summed E-state index contributed by atoms with van der Waals surface area (Å²) in [7, 11) is 0. The highest BCUT2D eigenvalue weighted by Gasteiger charge is 2.29. The second-order valence-electron chi connectivity index (χ2n) is 5.80. The topological polar surface area (TPSA) is 30.0 Å². The average molecular weight is 245 g/mol. The highest BCUT2D eigenvalue weighted by atomic mass is 16.1. The smallest absolute Gasteiger partial charge is 0.136 e. The van der Waals surface area contributed by atoms with Gasteiger partial charge in [-0.25, -0.2) is 0 Å². The molecule has 2 rings (SSSR count). The van der Waals surface area contributed by atoms with E-state index in [0.29, 0.717) is 11.7 Å². The number of aromatic nitrogens is 1. The summed E-state index contributed by atoms with van der Waals surface area (Å²) < 4.78 is 0. The molecule has 98 valence electrons. The number of hydrogen-bond acceptors (Lipinski definition) is 2. The van der Waals surface area contributed by atoms with Gasteiger partial charge in [0.25, 0.3) is 0 Å². The van der Waals surface area contributed by atoms with Gasteiger partial charge in [-0.05, 0) is 49.7 Å². The maximum atomic E-state index is 12.0. The molecule has 2 atom stereocenters. The van der Waals surface area contributed by atoms with Crippen molar-refractivity contribution in [3.63, 3.8) is 0 Å². The molecule has 1 aromatic rings. The van der Waals surface area contributed by atoms with Gasteiger partial charge in [0.05, 0.1) is 0 Å². The van der Waals surface area contributed by atoms with Gasteiger partial charge in [-0.15, -0.1) is 0 Å². The number of nitrogens with zero attached hydrogens (tertiary/aromatic N) is 1. The number of carbonyl (C=O) groups is 1. The third-order valence-electron chi connectivity index (χ3n) is 4.22. The van der Waals surface area contributed by atoms with Crippen molar-refractivity contribution in [3.8, 4) is 0 Å². The van der Waals surface area contributed by atoms with E-state index in [0.717, 1.165) is 43.7 Å². The van der Waals surface area contributed by atoms with Crippen LogP contribution < -0.4 is 0 Å². The lowest BCUT2D eigenvalue weighted by molar-refractivity contribution is -0.126. The number of hydrogen-bond donors (Lipinski definition) is 0. The summed E-state index contributed by atoms with van der Waals surface area (Å²) in [4.78, 5) is 16.3. The number of carbonyl (C=O) groups excluding carboxylic acids is 1. The molecule has 18 heavy (non-hydrogen) atoms. The first-order valence-electron chi connectivity index (χ1n) is 7.09. The zero-order chi connectivity index (χ0) is 13.0. The molecule has 1 aliphatic rings. The van der Waals surface area contributed by atoms with Crippen LogP contribution in [0.1, 0.15) is 45.2 Å². The van der Waals surface area contributed by atoms with Crippen LogP contribution in [0.4, 0.5) is 0 Å². The predicted molar refractivity (Wildman–Crippen MR) is 73.2 cm³/mol. The summed E-state index contributed by atoms with van der Waals surface area (Å²) in [5.41, 5.74) is 1.11. The molecule has 0 bridgehead atoms. The SMILES string of the molecule is CC(C)C1CCC(=O)C(CCc2ccccn2)C1. The van der Waals surface area contributed by atoms with Crippen molar-refractivity contribution in [2.24, 2.45) is 17.8 Å². The minimum absolute atomic E-state index is 0.271. The molecular formula is C16H23NO. The summed E-state index contributed by atoms with van der Waals surface area (Å²) in [6.45, 7) is 4.55. The normalized spacial score (nSPS) is 24.5. The van der Waals surface area contributed by atoms with Crippen LogP contribution in [0, 0.1) is 17.8 Å². The highest BCUT2D eigenvalue weighted by molar-refractivity contribution is 5.81. The number of pyridine rings is 1. The van der Waals surface area contributed by atoms with Gasteiger partial charge < -0.3 is 0 Å². The molecule has 2 nitrogen and oxygen atoms in total. The van der Waals surface area contributed by atoms with Crippen LogP contribution >= 0.6 is 0 Å². The van der Waals surface area contributed by atoms with Crippen molar-refractivity contribution in [2.75, 3.05) is 0 Å². The number of rotatable bonds is 4. The van der Waals surface area contributed by atoms with E-state index in [4.69, 9.17) is 0 Å². The quantitative estimate of drug-likeness (QED) is 0.810. The molecule has 0 saturated heterocycles. The Labute approximate surface area is 110 Å². The van der Waals surface area contributed by atoms with Crippen LogP contribution in [-0.2, 0) is 11.2 Å². The molecule has 1 aromatic heterocycles. The summed E-state index contributed by atoms with van der Waals surface area (Å²) >= 11 is 0. The summed E-state index contributed by atoms with van der Waals surface area (Å²) in [6.07, 6.45) is 6.70. The second kappa shape index (κ2) is 6.12. The van der Waals surface area contributed by atoms with Crippen molar-refractivity contribution in [1.82, 2.24) is 4.98 Å². The molecule has 1 saturated carbocycles. The average Bonchev–Trinajstić information content (AvgIpc) is 2.38. The fraction of sp³-hybridized carbons (Fsp3) is 0.625. The molecule has 0 aromatic carbocycles. The van der Waals surface area contributed by atoms with Crippen LogP contribution in [0.3, 0.4) is 0 Å². The first-order valence-corrected chi connectivity index (χ1v) is 7.09. The van der Waals surface area contributed by atoms with Crippen LogP contribution in [0.15, 0.2) is 24.4 Å². The van der Waals surface area contributed by atoms with E-state index in [1.54, 1.807) is 0 Å². The van der Waals surface area contributed by atoms with Crippen molar-refractivity contribution in [1.29, 1.82) is 0 Å². The zero-order valence-electron chi connectivity index (χ0n) is 11.4. The number of ketones is 1. The molecule has 0 N–H and O–H groups in total. The minimum atomic E-state index is 0.271. The Balaban J connectivity index is 1.89.